The number of amides is 2. The SMILES string of the molecule is CC(CC(=O)N1CCCC(CNC(=O)C2CCCN2)C1)c1cccnc1. The molecule has 0 spiro atoms. The van der Waals surface area contributed by atoms with Gasteiger partial charge in [-0.2, -0.15) is 0 Å². The summed E-state index contributed by atoms with van der Waals surface area (Å²) in [6.07, 6.45) is 8.17. The van der Waals surface area contributed by atoms with Gasteiger partial charge in [-0.1, -0.05) is 13.0 Å². The third-order valence-electron chi connectivity index (χ3n) is 5.55. The minimum atomic E-state index is -0.0309. The fraction of sp³-hybridized carbons (Fsp3) is 0.650. The number of aromatic nitrogens is 1. The van der Waals surface area contributed by atoms with Gasteiger partial charge in [0.15, 0.2) is 0 Å². The largest absolute Gasteiger partial charge is 0.354 e. The van der Waals surface area contributed by atoms with E-state index in [9.17, 15) is 9.59 Å². The fourth-order valence-corrected chi connectivity index (χ4v) is 3.91. The number of likely N-dealkylation sites (tertiary alicyclic amines) is 1. The van der Waals surface area contributed by atoms with Crippen LogP contribution in [-0.2, 0) is 9.59 Å². The van der Waals surface area contributed by atoms with Crippen molar-refractivity contribution in [3.05, 3.63) is 30.1 Å². The minimum absolute atomic E-state index is 0.0309. The number of nitrogens with one attached hydrogen (secondary N) is 2. The lowest BCUT2D eigenvalue weighted by Gasteiger charge is -2.33. The summed E-state index contributed by atoms with van der Waals surface area (Å²) in [6, 6.07) is 3.91. The van der Waals surface area contributed by atoms with E-state index in [1.165, 1.54) is 0 Å². The molecule has 0 aliphatic carbocycles. The molecule has 1 aromatic heterocycles. The van der Waals surface area contributed by atoms with Gasteiger partial charge in [-0.3, -0.25) is 14.6 Å². The van der Waals surface area contributed by atoms with Crippen molar-refractivity contribution in [3.63, 3.8) is 0 Å². The number of pyridine rings is 1. The van der Waals surface area contributed by atoms with E-state index in [4.69, 9.17) is 0 Å². The Bertz CT molecular complexity index is 601. The first-order chi connectivity index (χ1) is 12.6. The molecule has 1 aromatic rings. The number of carbonyl (C=O) groups is 2. The molecule has 3 unspecified atom stereocenters. The zero-order valence-electron chi connectivity index (χ0n) is 15.6. The van der Waals surface area contributed by atoms with E-state index in [-0.39, 0.29) is 23.8 Å². The number of carbonyl (C=O) groups excluding carboxylic acids is 2. The maximum Gasteiger partial charge on any atom is 0.237 e. The first kappa shape index (κ1) is 18.8. The smallest absolute Gasteiger partial charge is 0.237 e. The van der Waals surface area contributed by atoms with E-state index in [0.29, 0.717) is 18.9 Å². The van der Waals surface area contributed by atoms with Crippen LogP contribution in [0.1, 0.15) is 50.5 Å². The Kier molecular flexibility index (Phi) is 6.61. The third-order valence-corrected chi connectivity index (χ3v) is 5.55. The van der Waals surface area contributed by atoms with Crippen LogP contribution in [0.25, 0.3) is 0 Å². The Hall–Kier alpha value is -1.95. The summed E-state index contributed by atoms with van der Waals surface area (Å²) < 4.78 is 0. The van der Waals surface area contributed by atoms with Crippen LogP contribution < -0.4 is 10.6 Å². The average Bonchev–Trinajstić information content (AvgIpc) is 3.22. The second-order valence-corrected chi connectivity index (χ2v) is 7.63. The summed E-state index contributed by atoms with van der Waals surface area (Å²) in [6.45, 7) is 5.24. The van der Waals surface area contributed by atoms with Crippen LogP contribution in [0.4, 0.5) is 0 Å². The van der Waals surface area contributed by atoms with E-state index in [2.05, 4.69) is 22.5 Å². The predicted octanol–water partition coefficient (Wildman–Crippen LogP) is 1.68. The molecule has 0 radical (unpaired) electrons. The molecule has 26 heavy (non-hydrogen) atoms. The van der Waals surface area contributed by atoms with Gasteiger partial charge >= 0.3 is 0 Å². The molecule has 3 heterocycles. The molecule has 142 valence electrons. The van der Waals surface area contributed by atoms with Crippen LogP contribution in [0, 0.1) is 5.92 Å². The van der Waals surface area contributed by atoms with Crippen LogP contribution in [0.2, 0.25) is 0 Å². The van der Waals surface area contributed by atoms with E-state index < -0.39 is 0 Å². The van der Waals surface area contributed by atoms with Crippen molar-refractivity contribution in [1.82, 2.24) is 20.5 Å². The summed E-state index contributed by atoms with van der Waals surface area (Å²) >= 11 is 0. The maximum atomic E-state index is 12.7. The number of hydrogen-bond donors (Lipinski definition) is 2. The lowest BCUT2D eigenvalue weighted by Crippen LogP contribution is -2.46. The number of nitrogens with zero attached hydrogens (tertiary/aromatic N) is 2. The van der Waals surface area contributed by atoms with Gasteiger partial charge in [0.1, 0.15) is 0 Å². The van der Waals surface area contributed by atoms with Crippen molar-refractivity contribution in [3.8, 4) is 0 Å². The van der Waals surface area contributed by atoms with Gasteiger partial charge in [-0.05, 0) is 55.7 Å². The normalized spacial score (nSPS) is 24.3. The quantitative estimate of drug-likeness (QED) is 0.811. The fourth-order valence-electron chi connectivity index (χ4n) is 3.91. The molecule has 2 N–H and O–H groups in total. The van der Waals surface area contributed by atoms with Gasteiger partial charge in [-0.25, -0.2) is 0 Å². The van der Waals surface area contributed by atoms with Crippen LogP contribution in [0.3, 0.4) is 0 Å². The Morgan fingerprint density at radius 1 is 1.38 bits per heavy atom. The zero-order chi connectivity index (χ0) is 18.4. The first-order valence-electron chi connectivity index (χ1n) is 9.82. The second-order valence-electron chi connectivity index (χ2n) is 7.63. The second kappa shape index (κ2) is 9.12. The highest BCUT2D eigenvalue weighted by atomic mass is 16.2. The highest BCUT2D eigenvalue weighted by Gasteiger charge is 2.27. The molecule has 3 rings (SSSR count). The lowest BCUT2D eigenvalue weighted by molar-refractivity contribution is -0.133. The van der Waals surface area contributed by atoms with Gasteiger partial charge in [0.05, 0.1) is 6.04 Å². The molecule has 3 atom stereocenters. The molecule has 6 heteroatoms. The summed E-state index contributed by atoms with van der Waals surface area (Å²) in [5.74, 6) is 0.836. The van der Waals surface area contributed by atoms with Crippen molar-refractivity contribution in [1.29, 1.82) is 0 Å². The highest BCUT2D eigenvalue weighted by molar-refractivity contribution is 5.82. The van der Waals surface area contributed by atoms with Crippen LogP contribution >= 0.6 is 0 Å². The number of hydrogen-bond acceptors (Lipinski definition) is 4. The van der Waals surface area contributed by atoms with Crippen molar-refractivity contribution >= 4 is 11.8 Å². The maximum absolute atomic E-state index is 12.7. The Balaban J connectivity index is 1.45. The Labute approximate surface area is 155 Å². The van der Waals surface area contributed by atoms with Crippen molar-refractivity contribution in [2.45, 2.75) is 51.0 Å². The van der Waals surface area contributed by atoms with Crippen LogP contribution in [0.5, 0.6) is 0 Å². The van der Waals surface area contributed by atoms with Crippen molar-refractivity contribution in [2.75, 3.05) is 26.2 Å². The highest BCUT2D eigenvalue weighted by Crippen LogP contribution is 2.22. The van der Waals surface area contributed by atoms with Gasteiger partial charge in [0.2, 0.25) is 11.8 Å². The third kappa shape index (κ3) is 5.04. The topological polar surface area (TPSA) is 74.3 Å². The molecule has 2 fully saturated rings. The standard InChI is InChI=1S/C20H30N4O2/c1-15(17-6-2-8-21-13-17)11-19(25)24-10-4-5-16(14-24)12-23-20(26)18-7-3-9-22-18/h2,6,8,13,15-16,18,22H,3-5,7,9-12,14H2,1H3,(H,23,26). The van der Waals surface area contributed by atoms with Gasteiger partial charge in [-0.15, -0.1) is 0 Å². The molecule has 2 aliphatic heterocycles. The molecule has 2 amide bonds. The summed E-state index contributed by atoms with van der Waals surface area (Å²) in [5.41, 5.74) is 1.10. The molecule has 0 saturated carbocycles. The molecule has 2 aliphatic rings. The zero-order valence-corrected chi connectivity index (χ0v) is 15.6. The molecule has 0 bridgehead atoms. The first-order valence-corrected chi connectivity index (χ1v) is 9.82. The summed E-state index contributed by atoms with van der Waals surface area (Å²) in [5, 5.41) is 6.30. The Morgan fingerprint density at radius 2 is 2.27 bits per heavy atom. The molecular weight excluding hydrogens is 328 g/mol. The molecule has 6 nitrogen and oxygen atoms in total. The van der Waals surface area contributed by atoms with E-state index in [1.54, 1.807) is 6.20 Å². The summed E-state index contributed by atoms with van der Waals surface area (Å²) in [4.78, 5) is 30.9. The van der Waals surface area contributed by atoms with Crippen LogP contribution in [0.15, 0.2) is 24.5 Å². The van der Waals surface area contributed by atoms with E-state index in [1.807, 2.05) is 23.2 Å². The van der Waals surface area contributed by atoms with Crippen LogP contribution in [-0.4, -0.2) is 53.9 Å². The van der Waals surface area contributed by atoms with Gasteiger partial charge in [0.25, 0.3) is 0 Å². The molecule has 0 aromatic carbocycles. The van der Waals surface area contributed by atoms with Gasteiger partial charge in [0, 0.05) is 38.4 Å². The van der Waals surface area contributed by atoms with E-state index in [0.717, 1.165) is 50.9 Å². The number of rotatable bonds is 6. The lowest BCUT2D eigenvalue weighted by atomic mass is 9.95. The number of piperidine rings is 1. The van der Waals surface area contributed by atoms with Crippen molar-refractivity contribution < 1.29 is 9.59 Å². The molecule has 2 saturated heterocycles. The van der Waals surface area contributed by atoms with Crippen molar-refractivity contribution in [2.24, 2.45) is 5.92 Å². The van der Waals surface area contributed by atoms with Gasteiger partial charge < -0.3 is 15.5 Å². The average molecular weight is 358 g/mol. The minimum Gasteiger partial charge on any atom is -0.354 e. The predicted molar refractivity (Wildman–Crippen MR) is 101 cm³/mol. The molecular formula is C20H30N4O2. The van der Waals surface area contributed by atoms with E-state index >= 15 is 0 Å². The monoisotopic (exact) mass is 358 g/mol. The summed E-state index contributed by atoms with van der Waals surface area (Å²) in [7, 11) is 0. The Morgan fingerprint density at radius 3 is 3.00 bits per heavy atom.